The molecule has 0 aliphatic carbocycles. The van der Waals surface area contributed by atoms with Crippen molar-refractivity contribution in [2.45, 2.75) is 20.4 Å². The van der Waals surface area contributed by atoms with Crippen LogP contribution in [0.3, 0.4) is 0 Å². The van der Waals surface area contributed by atoms with E-state index in [1.165, 1.54) is 0 Å². The molecule has 0 radical (unpaired) electrons. The van der Waals surface area contributed by atoms with Crippen molar-refractivity contribution in [3.8, 4) is 0 Å². The second-order valence-electron chi connectivity index (χ2n) is 4.89. The Morgan fingerprint density at radius 2 is 2.00 bits per heavy atom. The largest absolute Gasteiger partial charge is 0.336 e. The minimum Gasteiger partial charge on any atom is -0.336 e. The Hall–Kier alpha value is -1.63. The van der Waals surface area contributed by atoms with Crippen LogP contribution >= 0.6 is 15.9 Å². The van der Waals surface area contributed by atoms with Crippen LogP contribution in [0.4, 0.5) is 0 Å². The van der Waals surface area contributed by atoms with E-state index in [1.807, 2.05) is 27.9 Å². The predicted octanol–water partition coefficient (Wildman–Crippen LogP) is 1.81. The summed E-state index contributed by atoms with van der Waals surface area (Å²) in [5.41, 5.74) is 3.27. The smallest absolute Gasteiger partial charge is 0.257 e. The summed E-state index contributed by atoms with van der Waals surface area (Å²) in [6, 6.07) is 0. The Morgan fingerprint density at radius 1 is 1.35 bits per heavy atom. The summed E-state index contributed by atoms with van der Waals surface area (Å²) in [4.78, 5) is 14.3. The monoisotopic (exact) mass is 339 g/mol. The minimum atomic E-state index is -0.0267. The average Bonchev–Trinajstić information content (AvgIpc) is 2.82. The summed E-state index contributed by atoms with van der Waals surface area (Å²) in [7, 11) is 5.49. The maximum Gasteiger partial charge on any atom is 0.257 e. The van der Waals surface area contributed by atoms with Gasteiger partial charge in [0, 0.05) is 26.8 Å². The molecule has 0 unspecified atom stereocenters. The van der Waals surface area contributed by atoms with Gasteiger partial charge in [-0.05, 0) is 29.8 Å². The third-order valence-electron chi connectivity index (χ3n) is 3.47. The molecule has 2 rings (SSSR count). The van der Waals surface area contributed by atoms with Crippen LogP contribution < -0.4 is 0 Å². The van der Waals surface area contributed by atoms with Crippen LogP contribution in [0.15, 0.2) is 10.7 Å². The number of carbonyl (C=O) groups excluding carboxylic acids is 1. The van der Waals surface area contributed by atoms with E-state index < -0.39 is 0 Å². The van der Waals surface area contributed by atoms with Gasteiger partial charge >= 0.3 is 0 Å². The molecular formula is C13H18BrN5O. The highest BCUT2D eigenvalue weighted by Gasteiger charge is 2.22. The van der Waals surface area contributed by atoms with Crippen molar-refractivity contribution >= 4 is 21.8 Å². The molecule has 0 aliphatic rings. The van der Waals surface area contributed by atoms with E-state index in [0.717, 1.165) is 21.6 Å². The van der Waals surface area contributed by atoms with Gasteiger partial charge in [-0.25, -0.2) is 0 Å². The fourth-order valence-electron chi connectivity index (χ4n) is 2.18. The first kappa shape index (κ1) is 14.8. The lowest BCUT2D eigenvalue weighted by atomic mass is 10.1. The SMILES string of the molecule is Cc1nn(C)c(C)c1C(=O)N(C)Cc1c(Br)cnn1C. The predicted molar refractivity (Wildman–Crippen MR) is 79.4 cm³/mol. The van der Waals surface area contributed by atoms with Crippen molar-refractivity contribution in [2.24, 2.45) is 14.1 Å². The molecule has 0 atom stereocenters. The van der Waals surface area contributed by atoms with Gasteiger partial charge in [-0.15, -0.1) is 0 Å². The molecule has 0 saturated carbocycles. The van der Waals surface area contributed by atoms with Gasteiger partial charge in [-0.3, -0.25) is 14.2 Å². The van der Waals surface area contributed by atoms with Crippen LogP contribution in [0.25, 0.3) is 0 Å². The van der Waals surface area contributed by atoms with Gasteiger partial charge < -0.3 is 4.90 Å². The van der Waals surface area contributed by atoms with Gasteiger partial charge in [0.25, 0.3) is 5.91 Å². The highest BCUT2D eigenvalue weighted by atomic mass is 79.9. The number of amides is 1. The molecule has 0 N–H and O–H groups in total. The van der Waals surface area contributed by atoms with Crippen molar-refractivity contribution in [1.29, 1.82) is 0 Å². The van der Waals surface area contributed by atoms with Gasteiger partial charge in [-0.1, -0.05) is 0 Å². The summed E-state index contributed by atoms with van der Waals surface area (Å²) in [5.74, 6) is -0.0267. The number of carbonyl (C=O) groups is 1. The van der Waals surface area contributed by atoms with E-state index in [1.54, 1.807) is 27.5 Å². The summed E-state index contributed by atoms with van der Waals surface area (Å²) in [6.45, 7) is 4.25. The normalized spacial score (nSPS) is 10.9. The molecule has 1 amide bonds. The molecule has 2 heterocycles. The number of nitrogens with zero attached hydrogens (tertiary/aromatic N) is 5. The van der Waals surface area contributed by atoms with Crippen molar-refractivity contribution in [3.63, 3.8) is 0 Å². The molecule has 6 nitrogen and oxygen atoms in total. The Bertz CT molecular complexity index is 639. The second kappa shape index (κ2) is 5.40. The lowest BCUT2D eigenvalue weighted by molar-refractivity contribution is 0.0780. The Morgan fingerprint density at radius 3 is 2.45 bits per heavy atom. The molecule has 20 heavy (non-hydrogen) atoms. The topological polar surface area (TPSA) is 56.0 Å². The molecule has 2 aromatic heterocycles. The van der Waals surface area contributed by atoms with Gasteiger partial charge in [0.2, 0.25) is 0 Å². The number of aromatic nitrogens is 4. The highest BCUT2D eigenvalue weighted by Crippen LogP contribution is 2.19. The minimum absolute atomic E-state index is 0.0267. The first-order chi connectivity index (χ1) is 9.32. The third-order valence-corrected chi connectivity index (χ3v) is 4.13. The summed E-state index contributed by atoms with van der Waals surface area (Å²) in [6.07, 6.45) is 1.73. The van der Waals surface area contributed by atoms with E-state index in [9.17, 15) is 4.79 Å². The number of halogens is 1. The number of hydrogen-bond acceptors (Lipinski definition) is 3. The molecule has 7 heteroatoms. The van der Waals surface area contributed by atoms with E-state index in [2.05, 4.69) is 26.1 Å². The van der Waals surface area contributed by atoms with Crippen LogP contribution in [0, 0.1) is 13.8 Å². The molecule has 2 aromatic rings. The Balaban J connectivity index is 2.25. The van der Waals surface area contributed by atoms with Crippen molar-refractivity contribution in [3.05, 3.63) is 33.3 Å². The molecule has 0 fully saturated rings. The van der Waals surface area contributed by atoms with E-state index in [4.69, 9.17) is 0 Å². The van der Waals surface area contributed by atoms with Crippen LogP contribution in [0.2, 0.25) is 0 Å². The molecule has 0 aliphatic heterocycles. The molecular weight excluding hydrogens is 322 g/mol. The molecule has 0 bridgehead atoms. The summed E-state index contributed by atoms with van der Waals surface area (Å²) >= 11 is 3.45. The molecule has 0 spiro atoms. The Kier molecular flexibility index (Phi) is 3.99. The lowest BCUT2D eigenvalue weighted by Crippen LogP contribution is -2.28. The second-order valence-corrected chi connectivity index (χ2v) is 5.75. The Labute approximate surface area is 126 Å². The maximum absolute atomic E-state index is 12.6. The zero-order valence-corrected chi connectivity index (χ0v) is 13.9. The number of hydrogen-bond donors (Lipinski definition) is 0. The highest BCUT2D eigenvalue weighted by molar-refractivity contribution is 9.10. The lowest BCUT2D eigenvalue weighted by Gasteiger charge is -2.18. The van der Waals surface area contributed by atoms with Crippen LogP contribution in [0.1, 0.15) is 27.4 Å². The average molecular weight is 340 g/mol. The zero-order chi connectivity index (χ0) is 15.0. The third kappa shape index (κ3) is 2.49. The van der Waals surface area contributed by atoms with Crippen molar-refractivity contribution in [1.82, 2.24) is 24.5 Å². The number of rotatable bonds is 3. The zero-order valence-electron chi connectivity index (χ0n) is 12.3. The summed E-state index contributed by atoms with van der Waals surface area (Å²) in [5, 5.41) is 8.44. The van der Waals surface area contributed by atoms with Crippen LogP contribution in [0.5, 0.6) is 0 Å². The fraction of sp³-hybridized carbons (Fsp3) is 0.462. The molecule has 0 saturated heterocycles. The number of aryl methyl sites for hydroxylation is 3. The van der Waals surface area contributed by atoms with E-state index in [-0.39, 0.29) is 5.91 Å². The quantitative estimate of drug-likeness (QED) is 0.856. The van der Waals surface area contributed by atoms with E-state index in [0.29, 0.717) is 12.1 Å². The maximum atomic E-state index is 12.6. The van der Waals surface area contributed by atoms with Gasteiger partial charge in [-0.2, -0.15) is 10.2 Å². The summed E-state index contributed by atoms with van der Waals surface area (Å²) < 4.78 is 4.40. The van der Waals surface area contributed by atoms with Crippen molar-refractivity contribution < 1.29 is 4.79 Å². The molecule has 108 valence electrons. The van der Waals surface area contributed by atoms with Gasteiger partial charge in [0.05, 0.1) is 34.2 Å². The van der Waals surface area contributed by atoms with Crippen LogP contribution in [-0.2, 0) is 20.6 Å². The first-order valence-electron chi connectivity index (χ1n) is 6.25. The van der Waals surface area contributed by atoms with Crippen molar-refractivity contribution in [2.75, 3.05) is 7.05 Å². The van der Waals surface area contributed by atoms with E-state index >= 15 is 0 Å². The fourth-order valence-corrected chi connectivity index (χ4v) is 2.66. The first-order valence-corrected chi connectivity index (χ1v) is 7.04. The van der Waals surface area contributed by atoms with Crippen LogP contribution in [-0.4, -0.2) is 37.4 Å². The van der Waals surface area contributed by atoms with Gasteiger partial charge in [0.15, 0.2) is 0 Å². The standard InChI is InChI=1S/C13H18BrN5O/c1-8-12(9(2)18(4)16-8)13(20)17(3)7-11-10(14)6-15-19(11)5/h6H,7H2,1-5H3. The van der Waals surface area contributed by atoms with Gasteiger partial charge in [0.1, 0.15) is 0 Å². The molecule has 0 aromatic carbocycles.